The van der Waals surface area contributed by atoms with E-state index < -0.39 is 6.10 Å². The highest BCUT2D eigenvalue weighted by atomic mass is 16.5. The molecule has 0 amide bonds. The van der Waals surface area contributed by atoms with Gasteiger partial charge in [-0.3, -0.25) is 0 Å². The van der Waals surface area contributed by atoms with Crippen molar-refractivity contribution < 1.29 is 9.63 Å². The molecule has 2 atom stereocenters. The van der Waals surface area contributed by atoms with Gasteiger partial charge in [-0.15, -0.1) is 0 Å². The van der Waals surface area contributed by atoms with Gasteiger partial charge in [-0.1, -0.05) is 12.1 Å². The smallest absolute Gasteiger partial charge is 0.232 e. The van der Waals surface area contributed by atoms with Crippen molar-refractivity contribution in [1.29, 1.82) is 0 Å². The molecular weight excluding hydrogens is 144 g/mol. The van der Waals surface area contributed by atoms with E-state index in [0.29, 0.717) is 11.7 Å². The normalized spacial score (nSPS) is 16.4. The van der Waals surface area contributed by atoms with Crippen molar-refractivity contribution >= 4 is 0 Å². The summed E-state index contributed by atoms with van der Waals surface area (Å²) in [7, 11) is 0. The van der Waals surface area contributed by atoms with E-state index in [-0.39, 0.29) is 5.92 Å². The molecule has 1 N–H and O–H groups in total. The molecule has 1 aromatic rings. The largest absolute Gasteiger partial charge is 0.393 e. The molecule has 1 rings (SSSR count). The van der Waals surface area contributed by atoms with Crippen LogP contribution in [-0.4, -0.2) is 21.4 Å². The monoisotopic (exact) mass is 156 g/mol. The maximum Gasteiger partial charge on any atom is 0.232 e. The van der Waals surface area contributed by atoms with E-state index >= 15 is 0 Å². The van der Waals surface area contributed by atoms with Gasteiger partial charge in [-0.25, -0.2) is 0 Å². The molecule has 0 bridgehead atoms. The first kappa shape index (κ1) is 8.20. The molecule has 0 fully saturated rings. The molecule has 0 aliphatic carbocycles. The summed E-state index contributed by atoms with van der Waals surface area (Å²) in [5.74, 6) is 1.02. The summed E-state index contributed by atoms with van der Waals surface area (Å²) in [5.41, 5.74) is 0. The van der Waals surface area contributed by atoms with Crippen LogP contribution in [0.15, 0.2) is 4.52 Å². The SMILES string of the molecule is Cc1noc([C@H](C)[C@H](C)O)n1. The Morgan fingerprint density at radius 3 is 2.45 bits per heavy atom. The lowest BCUT2D eigenvalue weighted by Crippen LogP contribution is -2.11. The van der Waals surface area contributed by atoms with E-state index in [1.807, 2.05) is 6.92 Å². The zero-order valence-electron chi connectivity index (χ0n) is 6.90. The molecule has 0 aliphatic heterocycles. The van der Waals surface area contributed by atoms with E-state index in [9.17, 15) is 0 Å². The second kappa shape index (κ2) is 3.00. The predicted octanol–water partition coefficient (Wildman–Crippen LogP) is 0.862. The van der Waals surface area contributed by atoms with E-state index in [1.54, 1.807) is 13.8 Å². The maximum absolute atomic E-state index is 9.16. The third-order valence-electron chi connectivity index (χ3n) is 1.66. The third-order valence-corrected chi connectivity index (χ3v) is 1.66. The van der Waals surface area contributed by atoms with Crippen LogP contribution in [0, 0.1) is 6.92 Å². The highest BCUT2D eigenvalue weighted by Crippen LogP contribution is 2.15. The van der Waals surface area contributed by atoms with Crippen LogP contribution in [0.3, 0.4) is 0 Å². The van der Waals surface area contributed by atoms with E-state index in [0.717, 1.165) is 0 Å². The Bertz CT molecular complexity index is 232. The van der Waals surface area contributed by atoms with E-state index in [1.165, 1.54) is 0 Å². The Balaban J connectivity index is 2.76. The summed E-state index contributed by atoms with van der Waals surface area (Å²) in [5, 5.41) is 12.8. The topological polar surface area (TPSA) is 59.2 Å². The third kappa shape index (κ3) is 1.77. The molecule has 62 valence electrons. The van der Waals surface area contributed by atoms with Gasteiger partial charge in [0.15, 0.2) is 5.82 Å². The van der Waals surface area contributed by atoms with Gasteiger partial charge >= 0.3 is 0 Å². The first-order chi connectivity index (χ1) is 5.11. The van der Waals surface area contributed by atoms with Crippen molar-refractivity contribution in [3.8, 4) is 0 Å². The summed E-state index contributed by atoms with van der Waals surface area (Å²) in [6.45, 7) is 5.30. The summed E-state index contributed by atoms with van der Waals surface area (Å²) >= 11 is 0. The summed E-state index contributed by atoms with van der Waals surface area (Å²) < 4.78 is 4.87. The van der Waals surface area contributed by atoms with Crippen LogP contribution >= 0.6 is 0 Å². The van der Waals surface area contributed by atoms with Crippen LogP contribution in [0.5, 0.6) is 0 Å². The number of rotatable bonds is 2. The van der Waals surface area contributed by atoms with Crippen molar-refractivity contribution in [3.63, 3.8) is 0 Å². The average molecular weight is 156 g/mol. The van der Waals surface area contributed by atoms with Gasteiger partial charge in [0.25, 0.3) is 0 Å². The summed E-state index contributed by atoms with van der Waals surface area (Å²) in [6.07, 6.45) is -0.449. The van der Waals surface area contributed by atoms with Crippen molar-refractivity contribution in [2.24, 2.45) is 0 Å². The molecular formula is C7H12N2O2. The fourth-order valence-electron chi connectivity index (χ4n) is 0.704. The molecule has 0 unspecified atom stereocenters. The lowest BCUT2D eigenvalue weighted by atomic mass is 10.1. The molecule has 0 spiro atoms. The molecule has 11 heavy (non-hydrogen) atoms. The number of aliphatic hydroxyl groups excluding tert-OH is 1. The molecule has 4 heteroatoms. The van der Waals surface area contributed by atoms with E-state index in [2.05, 4.69) is 10.1 Å². The number of aromatic nitrogens is 2. The van der Waals surface area contributed by atoms with Gasteiger partial charge in [0.1, 0.15) is 0 Å². The summed E-state index contributed by atoms with van der Waals surface area (Å²) in [4.78, 5) is 3.99. The Morgan fingerprint density at radius 1 is 1.45 bits per heavy atom. The Morgan fingerprint density at radius 2 is 2.09 bits per heavy atom. The molecule has 4 nitrogen and oxygen atoms in total. The Kier molecular flexibility index (Phi) is 2.24. The van der Waals surface area contributed by atoms with Gasteiger partial charge in [0.2, 0.25) is 5.89 Å². The predicted molar refractivity (Wildman–Crippen MR) is 39.1 cm³/mol. The zero-order chi connectivity index (χ0) is 8.43. The van der Waals surface area contributed by atoms with Crippen LogP contribution in [0.25, 0.3) is 0 Å². The van der Waals surface area contributed by atoms with Gasteiger partial charge < -0.3 is 9.63 Å². The Labute approximate surface area is 65.2 Å². The number of aryl methyl sites for hydroxylation is 1. The number of hydrogen-bond acceptors (Lipinski definition) is 4. The van der Waals surface area contributed by atoms with Crippen molar-refractivity contribution in [2.45, 2.75) is 32.8 Å². The minimum Gasteiger partial charge on any atom is -0.393 e. The van der Waals surface area contributed by atoms with Gasteiger partial charge in [-0.05, 0) is 13.8 Å². The van der Waals surface area contributed by atoms with Crippen molar-refractivity contribution in [2.75, 3.05) is 0 Å². The lowest BCUT2D eigenvalue weighted by Gasteiger charge is -2.07. The van der Waals surface area contributed by atoms with Gasteiger partial charge in [-0.2, -0.15) is 4.98 Å². The number of aliphatic hydroxyl groups is 1. The van der Waals surface area contributed by atoms with Crippen molar-refractivity contribution in [3.05, 3.63) is 11.7 Å². The molecule has 1 aromatic heterocycles. The maximum atomic E-state index is 9.16. The zero-order valence-corrected chi connectivity index (χ0v) is 6.90. The second-order valence-electron chi connectivity index (χ2n) is 2.71. The van der Waals surface area contributed by atoms with E-state index in [4.69, 9.17) is 9.63 Å². The minimum atomic E-state index is -0.449. The first-order valence-electron chi connectivity index (χ1n) is 3.59. The van der Waals surface area contributed by atoms with Gasteiger partial charge in [0.05, 0.1) is 12.0 Å². The fraction of sp³-hybridized carbons (Fsp3) is 0.714. The molecule has 0 radical (unpaired) electrons. The average Bonchev–Trinajstić information content (AvgIpc) is 2.34. The minimum absolute atomic E-state index is 0.0869. The van der Waals surface area contributed by atoms with Crippen molar-refractivity contribution in [1.82, 2.24) is 10.1 Å². The number of nitrogens with zero attached hydrogens (tertiary/aromatic N) is 2. The highest BCUT2D eigenvalue weighted by Gasteiger charge is 2.17. The molecule has 0 saturated heterocycles. The van der Waals surface area contributed by atoms with Crippen LogP contribution in [0.4, 0.5) is 0 Å². The lowest BCUT2D eigenvalue weighted by molar-refractivity contribution is 0.151. The van der Waals surface area contributed by atoms with Crippen LogP contribution in [0.2, 0.25) is 0 Å². The fourth-order valence-corrected chi connectivity index (χ4v) is 0.704. The first-order valence-corrected chi connectivity index (χ1v) is 3.59. The standard InChI is InChI=1S/C7H12N2O2/c1-4(5(2)10)7-8-6(3)9-11-7/h4-5,10H,1-3H3/t4-,5+/m1/s1. The molecule has 1 heterocycles. The molecule has 0 saturated carbocycles. The number of hydrogen-bond donors (Lipinski definition) is 1. The quantitative estimate of drug-likeness (QED) is 0.690. The van der Waals surface area contributed by atoms with Gasteiger partial charge in [0, 0.05) is 0 Å². The van der Waals surface area contributed by atoms with Crippen LogP contribution in [0.1, 0.15) is 31.5 Å². The molecule has 0 aromatic carbocycles. The highest BCUT2D eigenvalue weighted by molar-refractivity contribution is 4.92. The molecule has 0 aliphatic rings. The van der Waals surface area contributed by atoms with Crippen LogP contribution < -0.4 is 0 Å². The Hall–Kier alpha value is -0.900. The second-order valence-corrected chi connectivity index (χ2v) is 2.71. The summed E-state index contributed by atoms with van der Waals surface area (Å²) in [6, 6.07) is 0. The van der Waals surface area contributed by atoms with Crippen LogP contribution in [-0.2, 0) is 0 Å².